The molecule has 0 saturated carbocycles. The Kier molecular flexibility index (Phi) is 5.95. The smallest absolute Gasteiger partial charge is 0.315 e. The number of hydrogen-bond donors (Lipinski definition) is 2. The number of urea groups is 1. The Labute approximate surface area is 132 Å². The molecule has 2 amide bonds. The minimum Gasteiger partial charge on any atom is -0.338 e. The van der Waals surface area contributed by atoms with E-state index in [-0.39, 0.29) is 0 Å². The molecule has 1 atom stereocenters. The second-order valence-corrected chi connectivity index (χ2v) is 4.95. The minimum absolute atomic E-state index is 0.337. The second kappa shape index (κ2) is 8.16. The van der Waals surface area contributed by atoms with Crippen LogP contribution in [0.5, 0.6) is 0 Å². The van der Waals surface area contributed by atoms with Gasteiger partial charge in [-0.1, -0.05) is 30.3 Å². The summed E-state index contributed by atoms with van der Waals surface area (Å²) < 4.78 is 27.7. The van der Waals surface area contributed by atoms with Crippen molar-refractivity contribution < 1.29 is 13.6 Å². The van der Waals surface area contributed by atoms with Gasteiger partial charge in [-0.2, -0.15) is 0 Å². The topological polar surface area (TPSA) is 84.7 Å². The summed E-state index contributed by atoms with van der Waals surface area (Å²) in [4.78, 5) is 11.8. The zero-order valence-electron chi connectivity index (χ0n) is 12.6. The summed E-state index contributed by atoms with van der Waals surface area (Å²) >= 11 is 0. The second-order valence-electron chi connectivity index (χ2n) is 4.95. The van der Waals surface area contributed by atoms with Gasteiger partial charge in [-0.05, 0) is 22.4 Å². The lowest BCUT2D eigenvalue weighted by atomic mass is 10.1. The van der Waals surface area contributed by atoms with Crippen LogP contribution in [-0.2, 0) is 13.5 Å². The van der Waals surface area contributed by atoms with Crippen LogP contribution in [0.3, 0.4) is 0 Å². The van der Waals surface area contributed by atoms with Crippen molar-refractivity contribution in [2.45, 2.75) is 25.3 Å². The van der Waals surface area contributed by atoms with E-state index >= 15 is 0 Å². The van der Waals surface area contributed by atoms with Gasteiger partial charge in [-0.3, -0.25) is 0 Å². The van der Waals surface area contributed by atoms with Gasteiger partial charge < -0.3 is 10.6 Å². The van der Waals surface area contributed by atoms with Crippen molar-refractivity contribution in [1.82, 2.24) is 30.8 Å². The third kappa shape index (κ3) is 4.97. The van der Waals surface area contributed by atoms with Crippen LogP contribution in [0.25, 0.3) is 0 Å². The Bertz CT molecular complexity index is 619. The number of hydrogen-bond acceptors (Lipinski definition) is 4. The molecule has 23 heavy (non-hydrogen) atoms. The summed E-state index contributed by atoms with van der Waals surface area (Å²) in [5.74, 6) is 0.696. The third-order valence-corrected chi connectivity index (χ3v) is 3.27. The van der Waals surface area contributed by atoms with Crippen LogP contribution >= 0.6 is 0 Å². The number of carbonyl (C=O) groups is 1. The van der Waals surface area contributed by atoms with E-state index in [0.717, 1.165) is 0 Å². The zero-order valence-corrected chi connectivity index (χ0v) is 12.6. The Morgan fingerprint density at radius 2 is 2.04 bits per heavy atom. The van der Waals surface area contributed by atoms with Gasteiger partial charge in [-0.25, -0.2) is 18.3 Å². The first-order valence-electron chi connectivity index (χ1n) is 7.16. The van der Waals surface area contributed by atoms with Crippen LogP contribution in [0.15, 0.2) is 30.3 Å². The van der Waals surface area contributed by atoms with Crippen molar-refractivity contribution in [1.29, 1.82) is 0 Å². The van der Waals surface area contributed by atoms with Crippen LogP contribution in [-0.4, -0.2) is 39.2 Å². The van der Waals surface area contributed by atoms with Gasteiger partial charge in [0.25, 0.3) is 6.43 Å². The lowest BCUT2D eigenvalue weighted by molar-refractivity contribution is 0.101. The third-order valence-electron chi connectivity index (χ3n) is 3.27. The highest BCUT2D eigenvalue weighted by atomic mass is 19.3. The fourth-order valence-electron chi connectivity index (χ4n) is 2.05. The van der Waals surface area contributed by atoms with Gasteiger partial charge in [0.2, 0.25) is 0 Å². The minimum atomic E-state index is -2.69. The molecule has 9 heteroatoms. The summed E-state index contributed by atoms with van der Waals surface area (Å²) in [5, 5.41) is 15.9. The van der Waals surface area contributed by atoms with E-state index in [2.05, 4.69) is 26.2 Å². The Balaban J connectivity index is 1.77. The molecule has 1 heterocycles. The predicted octanol–water partition coefficient (Wildman–Crippen LogP) is 1.45. The van der Waals surface area contributed by atoms with E-state index in [0.29, 0.717) is 30.8 Å². The van der Waals surface area contributed by atoms with Gasteiger partial charge in [0.15, 0.2) is 5.82 Å². The summed E-state index contributed by atoms with van der Waals surface area (Å²) in [6.07, 6.45) is -1.50. The number of amides is 2. The number of nitrogens with zero attached hydrogens (tertiary/aromatic N) is 4. The first kappa shape index (κ1) is 16.8. The molecule has 2 aromatic rings. The van der Waals surface area contributed by atoms with Crippen LogP contribution in [0.2, 0.25) is 0 Å². The molecule has 2 N–H and O–H groups in total. The highest BCUT2D eigenvalue weighted by Crippen LogP contribution is 2.19. The Hall–Kier alpha value is -2.58. The van der Waals surface area contributed by atoms with Gasteiger partial charge in [-0.15, -0.1) is 5.10 Å². The monoisotopic (exact) mass is 324 g/mol. The van der Waals surface area contributed by atoms with Crippen molar-refractivity contribution in [2.75, 3.05) is 6.54 Å². The zero-order chi connectivity index (χ0) is 16.7. The van der Waals surface area contributed by atoms with Gasteiger partial charge in [0.1, 0.15) is 6.04 Å². The molecule has 1 aromatic heterocycles. The Morgan fingerprint density at radius 3 is 2.65 bits per heavy atom. The van der Waals surface area contributed by atoms with E-state index in [1.165, 1.54) is 0 Å². The maximum Gasteiger partial charge on any atom is 0.315 e. The van der Waals surface area contributed by atoms with Gasteiger partial charge in [0, 0.05) is 20.0 Å². The molecule has 0 aliphatic carbocycles. The number of rotatable bonds is 7. The highest BCUT2D eigenvalue weighted by molar-refractivity contribution is 5.74. The normalized spacial score (nSPS) is 12.2. The lowest BCUT2D eigenvalue weighted by Gasteiger charge is -2.18. The lowest BCUT2D eigenvalue weighted by Crippen LogP contribution is -2.40. The standard InChI is InChI=1S/C14H18F2N6O/c1-22-11(19-20-21-22)8-5-9-17-14(23)18-12(13(15)16)10-6-3-2-4-7-10/h2-4,6-7,12-13H,5,8-9H2,1H3,(H2,17,18,23)/t12-/m1/s1. The molecule has 0 saturated heterocycles. The predicted molar refractivity (Wildman–Crippen MR) is 78.8 cm³/mol. The first-order chi connectivity index (χ1) is 11.1. The molecule has 1 aromatic carbocycles. The molecule has 0 radical (unpaired) electrons. The molecular weight excluding hydrogens is 306 g/mol. The van der Waals surface area contributed by atoms with Crippen molar-refractivity contribution >= 4 is 6.03 Å². The fourth-order valence-corrected chi connectivity index (χ4v) is 2.05. The van der Waals surface area contributed by atoms with Crippen molar-refractivity contribution in [3.63, 3.8) is 0 Å². The number of aryl methyl sites for hydroxylation is 2. The van der Waals surface area contributed by atoms with Crippen molar-refractivity contribution in [3.05, 3.63) is 41.7 Å². The molecule has 0 bridgehead atoms. The molecule has 0 unspecified atom stereocenters. The van der Waals surface area contributed by atoms with Crippen LogP contribution < -0.4 is 10.6 Å². The summed E-state index contributed by atoms with van der Waals surface area (Å²) in [6.45, 7) is 0.337. The van der Waals surface area contributed by atoms with Crippen molar-refractivity contribution in [3.8, 4) is 0 Å². The molecule has 7 nitrogen and oxygen atoms in total. The number of tetrazole rings is 1. The summed E-state index contributed by atoms with van der Waals surface area (Å²) in [7, 11) is 1.72. The quantitative estimate of drug-likeness (QED) is 0.755. The van der Waals surface area contributed by atoms with E-state index in [1.54, 1.807) is 42.1 Å². The highest BCUT2D eigenvalue weighted by Gasteiger charge is 2.23. The summed E-state index contributed by atoms with van der Waals surface area (Å²) in [6, 6.07) is 6.18. The maximum absolute atomic E-state index is 13.1. The number of alkyl halides is 2. The fraction of sp³-hybridized carbons (Fsp3) is 0.429. The van der Waals surface area contributed by atoms with Crippen LogP contribution in [0.1, 0.15) is 23.9 Å². The number of nitrogens with one attached hydrogen (secondary N) is 2. The average molecular weight is 324 g/mol. The Morgan fingerprint density at radius 1 is 1.30 bits per heavy atom. The molecular formula is C14H18F2N6O. The van der Waals surface area contributed by atoms with Crippen molar-refractivity contribution in [2.24, 2.45) is 7.05 Å². The van der Waals surface area contributed by atoms with E-state index in [4.69, 9.17) is 0 Å². The number of halogens is 2. The molecule has 0 fully saturated rings. The number of carbonyl (C=O) groups excluding carboxylic acids is 1. The number of benzene rings is 1. The SMILES string of the molecule is Cn1nnnc1CCCNC(=O)N[C@H](c1ccccc1)C(F)F. The molecule has 0 aliphatic rings. The first-order valence-corrected chi connectivity index (χ1v) is 7.16. The summed E-state index contributed by atoms with van der Waals surface area (Å²) in [5.41, 5.74) is 0.364. The maximum atomic E-state index is 13.1. The number of aromatic nitrogens is 4. The van der Waals surface area contributed by atoms with Crippen LogP contribution in [0, 0.1) is 0 Å². The van der Waals surface area contributed by atoms with E-state index in [9.17, 15) is 13.6 Å². The largest absolute Gasteiger partial charge is 0.338 e. The molecule has 2 rings (SSSR count). The van der Waals surface area contributed by atoms with Gasteiger partial charge >= 0.3 is 6.03 Å². The van der Waals surface area contributed by atoms with Gasteiger partial charge in [0.05, 0.1) is 0 Å². The molecule has 124 valence electrons. The molecule has 0 spiro atoms. The van der Waals surface area contributed by atoms with E-state index in [1.807, 2.05) is 0 Å². The molecule has 0 aliphatic heterocycles. The van der Waals surface area contributed by atoms with Crippen LogP contribution in [0.4, 0.5) is 13.6 Å². The van der Waals surface area contributed by atoms with E-state index < -0.39 is 18.5 Å². The average Bonchev–Trinajstić information content (AvgIpc) is 2.95.